The fourth-order valence-electron chi connectivity index (χ4n) is 0.921. The highest BCUT2D eigenvalue weighted by atomic mass is 16.1. The molecule has 0 aliphatic rings. The lowest BCUT2D eigenvalue weighted by Gasteiger charge is -2.17. The van der Waals surface area contributed by atoms with Crippen molar-refractivity contribution in [3.63, 3.8) is 0 Å². The zero-order valence-electron chi connectivity index (χ0n) is 9.56. The van der Waals surface area contributed by atoms with E-state index >= 15 is 0 Å². The van der Waals surface area contributed by atoms with Crippen LogP contribution in [0.15, 0.2) is 11.1 Å². The molecule has 13 heavy (non-hydrogen) atoms. The molecule has 0 heterocycles. The van der Waals surface area contributed by atoms with E-state index in [1.165, 1.54) is 11.1 Å². The molecule has 1 amide bonds. The second kappa shape index (κ2) is 5.05. The van der Waals surface area contributed by atoms with Gasteiger partial charge in [0.1, 0.15) is 0 Å². The van der Waals surface area contributed by atoms with Gasteiger partial charge in [-0.25, -0.2) is 0 Å². The van der Waals surface area contributed by atoms with Gasteiger partial charge in [-0.2, -0.15) is 0 Å². The van der Waals surface area contributed by atoms with Crippen LogP contribution in [0.1, 0.15) is 41.5 Å². The van der Waals surface area contributed by atoms with E-state index in [0.717, 1.165) is 0 Å². The number of carbonyl (C=O) groups excluding carboxylic acids is 1. The van der Waals surface area contributed by atoms with E-state index in [0.29, 0.717) is 0 Å². The van der Waals surface area contributed by atoms with Gasteiger partial charge in [-0.1, -0.05) is 25.0 Å². The van der Waals surface area contributed by atoms with Crippen LogP contribution in [-0.4, -0.2) is 11.9 Å². The molecule has 76 valence electrons. The van der Waals surface area contributed by atoms with Gasteiger partial charge >= 0.3 is 0 Å². The van der Waals surface area contributed by atoms with E-state index in [9.17, 15) is 4.79 Å². The van der Waals surface area contributed by atoms with Crippen molar-refractivity contribution in [2.75, 3.05) is 0 Å². The lowest BCUT2D eigenvalue weighted by Crippen LogP contribution is -2.36. The van der Waals surface area contributed by atoms with E-state index in [1.807, 2.05) is 20.8 Å². The summed E-state index contributed by atoms with van der Waals surface area (Å²) in [5.41, 5.74) is 2.52. The van der Waals surface area contributed by atoms with Crippen molar-refractivity contribution in [1.82, 2.24) is 5.32 Å². The SMILES string of the molecule is CC(C)=C(C)C(C)NC(=O)C(C)C. The number of hydrogen-bond acceptors (Lipinski definition) is 1. The Labute approximate surface area is 81.4 Å². The van der Waals surface area contributed by atoms with Crippen LogP contribution >= 0.6 is 0 Å². The fraction of sp³-hybridized carbons (Fsp3) is 0.727. The average Bonchev–Trinajstić information content (AvgIpc) is 2.02. The predicted molar refractivity (Wildman–Crippen MR) is 56.5 cm³/mol. The largest absolute Gasteiger partial charge is 0.350 e. The molecule has 1 unspecified atom stereocenters. The molecule has 0 aliphatic carbocycles. The number of rotatable bonds is 3. The van der Waals surface area contributed by atoms with Gasteiger partial charge in [0.15, 0.2) is 0 Å². The maximum Gasteiger partial charge on any atom is 0.223 e. The van der Waals surface area contributed by atoms with Crippen LogP contribution < -0.4 is 5.32 Å². The molecule has 0 aromatic rings. The third kappa shape index (κ3) is 4.11. The molecular weight excluding hydrogens is 162 g/mol. The first-order valence-electron chi connectivity index (χ1n) is 4.80. The Morgan fingerprint density at radius 2 is 1.54 bits per heavy atom. The molecule has 1 atom stereocenters. The van der Waals surface area contributed by atoms with E-state index in [4.69, 9.17) is 0 Å². The molecule has 2 nitrogen and oxygen atoms in total. The summed E-state index contributed by atoms with van der Waals surface area (Å²) in [6.07, 6.45) is 0. The number of allylic oxidation sites excluding steroid dienone is 1. The predicted octanol–water partition coefficient (Wildman–Crippen LogP) is 2.50. The van der Waals surface area contributed by atoms with Gasteiger partial charge in [0.2, 0.25) is 5.91 Å². The standard InChI is InChI=1S/C11H21NO/c1-7(2)9(5)10(6)12-11(13)8(3)4/h8,10H,1-6H3,(H,12,13). The molecule has 0 spiro atoms. The minimum atomic E-state index is 0.0624. The Morgan fingerprint density at radius 1 is 1.08 bits per heavy atom. The Bertz CT molecular complexity index is 212. The molecule has 0 aromatic heterocycles. The summed E-state index contributed by atoms with van der Waals surface area (Å²) in [5, 5.41) is 2.96. The van der Waals surface area contributed by atoms with E-state index in [2.05, 4.69) is 26.1 Å². The molecule has 0 saturated heterocycles. The van der Waals surface area contributed by atoms with Crippen molar-refractivity contribution >= 4 is 5.91 Å². The van der Waals surface area contributed by atoms with Gasteiger partial charge in [-0.15, -0.1) is 0 Å². The monoisotopic (exact) mass is 183 g/mol. The van der Waals surface area contributed by atoms with Gasteiger partial charge in [0.05, 0.1) is 0 Å². The third-order valence-electron chi connectivity index (χ3n) is 2.32. The Balaban J connectivity index is 4.24. The van der Waals surface area contributed by atoms with E-state index in [-0.39, 0.29) is 17.9 Å². The first-order valence-corrected chi connectivity index (χ1v) is 4.80. The highest BCUT2D eigenvalue weighted by Gasteiger charge is 2.11. The van der Waals surface area contributed by atoms with Gasteiger partial charge in [-0.05, 0) is 27.7 Å². The van der Waals surface area contributed by atoms with Crippen molar-refractivity contribution in [3.8, 4) is 0 Å². The topological polar surface area (TPSA) is 29.1 Å². The van der Waals surface area contributed by atoms with Crippen molar-refractivity contribution in [1.29, 1.82) is 0 Å². The second-order valence-electron chi connectivity index (χ2n) is 4.07. The Kier molecular flexibility index (Phi) is 4.74. The van der Waals surface area contributed by atoms with Crippen molar-refractivity contribution < 1.29 is 4.79 Å². The first-order chi connectivity index (χ1) is 5.86. The summed E-state index contributed by atoms with van der Waals surface area (Å²) in [7, 11) is 0. The van der Waals surface area contributed by atoms with Crippen molar-refractivity contribution in [2.45, 2.75) is 47.6 Å². The fourth-order valence-corrected chi connectivity index (χ4v) is 0.921. The molecule has 0 bridgehead atoms. The summed E-state index contributed by atoms with van der Waals surface area (Å²) < 4.78 is 0. The van der Waals surface area contributed by atoms with Gasteiger partial charge in [0, 0.05) is 12.0 Å². The van der Waals surface area contributed by atoms with Gasteiger partial charge in [-0.3, -0.25) is 4.79 Å². The number of carbonyl (C=O) groups is 1. The van der Waals surface area contributed by atoms with Crippen LogP contribution in [0.25, 0.3) is 0 Å². The smallest absolute Gasteiger partial charge is 0.223 e. The Morgan fingerprint density at radius 3 is 1.85 bits per heavy atom. The highest BCUT2D eigenvalue weighted by molar-refractivity contribution is 5.78. The number of nitrogens with one attached hydrogen (secondary N) is 1. The lowest BCUT2D eigenvalue weighted by atomic mass is 10.1. The minimum absolute atomic E-state index is 0.0624. The molecular formula is C11H21NO. The average molecular weight is 183 g/mol. The lowest BCUT2D eigenvalue weighted by molar-refractivity contribution is -0.124. The molecule has 0 radical (unpaired) electrons. The summed E-state index contributed by atoms with van der Waals surface area (Å²) in [5.74, 6) is 0.181. The van der Waals surface area contributed by atoms with Crippen LogP contribution in [0.4, 0.5) is 0 Å². The summed E-state index contributed by atoms with van der Waals surface area (Å²) in [6.45, 7) is 12.0. The first kappa shape index (κ1) is 12.2. The van der Waals surface area contributed by atoms with Crippen LogP contribution in [0.5, 0.6) is 0 Å². The third-order valence-corrected chi connectivity index (χ3v) is 2.32. The summed E-state index contributed by atoms with van der Waals surface area (Å²) in [4.78, 5) is 11.3. The zero-order chi connectivity index (χ0) is 10.6. The molecule has 0 fully saturated rings. The van der Waals surface area contributed by atoms with E-state index in [1.54, 1.807) is 0 Å². The molecule has 1 N–H and O–H groups in total. The molecule has 2 heteroatoms. The van der Waals surface area contributed by atoms with Crippen LogP contribution in [-0.2, 0) is 4.79 Å². The maximum atomic E-state index is 11.3. The van der Waals surface area contributed by atoms with E-state index < -0.39 is 0 Å². The van der Waals surface area contributed by atoms with Crippen molar-refractivity contribution in [2.24, 2.45) is 5.92 Å². The molecule has 0 saturated carbocycles. The Hall–Kier alpha value is -0.790. The zero-order valence-corrected chi connectivity index (χ0v) is 9.56. The van der Waals surface area contributed by atoms with Gasteiger partial charge in [0.25, 0.3) is 0 Å². The quantitative estimate of drug-likeness (QED) is 0.669. The molecule has 0 aromatic carbocycles. The minimum Gasteiger partial charge on any atom is -0.350 e. The molecule has 0 rings (SSSR count). The van der Waals surface area contributed by atoms with Crippen LogP contribution in [0.3, 0.4) is 0 Å². The maximum absolute atomic E-state index is 11.3. The van der Waals surface area contributed by atoms with Gasteiger partial charge < -0.3 is 5.32 Å². The highest BCUT2D eigenvalue weighted by Crippen LogP contribution is 2.07. The van der Waals surface area contributed by atoms with Crippen LogP contribution in [0.2, 0.25) is 0 Å². The molecule has 0 aliphatic heterocycles. The second-order valence-corrected chi connectivity index (χ2v) is 4.07. The summed E-state index contributed by atoms with van der Waals surface area (Å²) >= 11 is 0. The van der Waals surface area contributed by atoms with Crippen molar-refractivity contribution in [3.05, 3.63) is 11.1 Å². The number of hydrogen-bond donors (Lipinski definition) is 1. The number of amides is 1. The van der Waals surface area contributed by atoms with Crippen LogP contribution in [0, 0.1) is 5.92 Å². The summed E-state index contributed by atoms with van der Waals surface area (Å²) in [6, 6.07) is 0.153. The normalized spacial score (nSPS) is 12.5.